The van der Waals surface area contributed by atoms with E-state index < -0.39 is 0 Å². The number of fused-ring (bicyclic) bond motifs is 1. The topological polar surface area (TPSA) is 62.8 Å². The summed E-state index contributed by atoms with van der Waals surface area (Å²) >= 11 is 0. The van der Waals surface area contributed by atoms with Crippen LogP contribution in [0, 0.1) is 5.82 Å². The third-order valence-electron chi connectivity index (χ3n) is 3.94. The summed E-state index contributed by atoms with van der Waals surface area (Å²) in [4.78, 5) is 14.1. The molecule has 132 valence electrons. The van der Waals surface area contributed by atoms with Gasteiger partial charge in [0.25, 0.3) is 0 Å². The number of carbonyl (C=O) groups is 1. The number of hydrogen-bond acceptors (Lipinski definition) is 4. The van der Waals surface area contributed by atoms with Crippen molar-refractivity contribution in [1.29, 1.82) is 0 Å². The standard InChI is InChI=1S/C18H20FN3O3/c1-22(2)15(12-4-3-5-13(19)8-12)10-20-18(23)21-14-6-7-16-17(9-14)25-11-24-16/h3-9,15H,10-11H2,1-2H3,(H2,20,21,23). The highest BCUT2D eigenvalue weighted by Crippen LogP contribution is 2.34. The van der Waals surface area contributed by atoms with Gasteiger partial charge in [-0.3, -0.25) is 0 Å². The van der Waals surface area contributed by atoms with Gasteiger partial charge >= 0.3 is 6.03 Å². The number of nitrogens with one attached hydrogen (secondary N) is 2. The van der Waals surface area contributed by atoms with Crippen molar-refractivity contribution in [3.8, 4) is 11.5 Å². The van der Waals surface area contributed by atoms with Crippen molar-refractivity contribution in [2.45, 2.75) is 6.04 Å². The van der Waals surface area contributed by atoms with Crippen LogP contribution in [0.3, 0.4) is 0 Å². The van der Waals surface area contributed by atoms with E-state index in [0.29, 0.717) is 23.7 Å². The average Bonchev–Trinajstić information content (AvgIpc) is 3.02. The monoisotopic (exact) mass is 345 g/mol. The fraction of sp³-hybridized carbons (Fsp3) is 0.278. The molecule has 3 rings (SSSR count). The zero-order chi connectivity index (χ0) is 17.8. The first-order valence-electron chi connectivity index (χ1n) is 7.89. The van der Waals surface area contributed by atoms with Gasteiger partial charge in [0, 0.05) is 18.3 Å². The summed E-state index contributed by atoms with van der Waals surface area (Å²) in [6.45, 7) is 0.524. The summed E-state index contributed by atoms with van der Waals surface area (Å²) in [5.74, 6) is 0.961. The Labute approximate surface area is 145 Å². The highest BCUT2D eigenvalue weighted by molar-refractivity contribution is 5.89. The Hall–Kier alpha value is -2.80. The fourth-order valence-corrected chi connectivity index (χ4v) is 2.65. The van der Waals surface area contributed by atoms with Gasteiger partial charge in [0.15, 0.2) is 11.5 Å². The Morgan fingerprint density at radius 3 is 2.76 bits per heavy atom. The number of nitrogens with zero attached hydrogens (tertiary/aromatic N) is 1. The molecule has 1 aliphatic rings. The molecule has 0 aliphatic carbocycles. The molecule has 0 radical (unpaired) electrons. The predicted octanol–water partition coefficient (Wildman–Crippen LogP) is 2.98. The molecule has 2 amide bonds. The molecule has 2 aromatic rings. The molecule has 0 aromatic heterocycles. The van der Waals surface area contributed by atoms with Crippen LogP contribution in [-0.2, 0) is 0 Å². The number of ether oxygens (including phenoxy) is 2. The summed E-state index contributed by atoms with van der Waals surface area (Å²) in [6.07, 6.45) is 0. The second kappa shape index (κ2) is 7.40. The summed E-state index contributed by atoms with van der Waals surface area (Å²) < 4.78 is 24.0. The number of benzene rings is 2. The second-order valence-corrected chi connectivity index (χ2v) is 5.94. The highest BCUT2D eigenvalue weighted by Gasteiger charge is 2.17. The Morgan fingerprint density at radius 2 is 2.00 bits per heavy atom. The number of halogens is 1. The zero-order valence-corrected chi connectivity index (χ0v) is 14.1. The molecule has 1 unspecified atom stereocenters. The number of likely N-dealkylation sites (N-methyl/N-ethyl adjacent to an activating group) is 1. The molecule has 1 heterocycles. The first-order chi connectivity index (χ1) is 12.0. The first kappa shape index (κ1) is 17.0. The maximum atomic E-state index is 13.4. The van der Waals surface area contributed by atoms with Crippen LogP contribution in [0.4, 0.5) is 14.9 Å². The van der Waals surface area contributed by atoms with Gasteiger partial charge in [0.05, 0.1) is 6.04 Å². The molecule has 7 heteroatoms. The van der Waals surface area contributed by atoms with Crippen LogP contribution >= 0.6 is 0 Å². The first-order valence-corrected chi connectivity index (χ1v) is 7.89. The Bertz CT molecular complexity index is 767. The van der Waals surface area contributed by atoms with Gasteiger partial charge < -0.3 is 25.0 Å². The van der Waals surface area contributed by atoms with Crippen LogP contribution in [0.25, 0.3) is 0 Å². The van der Waals surface area contributed by atoms with Gasteiger partial charge in [-0.2, -0.15) is 0 Å². The van der Waals surface area contributed by atoms with Gasteiger partial charge in [0.1, 0.15) is 5.82 Å². The maximum Gasteiger partial charge on any atom is 0.319 e. The molecule has 2 aromatic carbocycles. The minimum Gasteiger partial charge on any atom is -0.454 e. The van der Waals surface area contributed by atoms with Gasteiger partial charge in [-0.1, -0.05) is 12.1 Å². The van der Waals surface area contributed by atoms with E-state index in [0.717, 1.165) is 5.56 Å². The van der Waals surface area contributed by atoms with E-state index in [1.165, 1.54) is 12.1 Å². The minimum absolute atomic E-state index is 0.141. The van der Waals surface area contributed by atoms with Crippen LogP contribution in [0.2, 0.25) is 0 Å². The van der Waals surface area contributed by atoms with E-state index in [9.17, 15) is 9.18 Å². The van der Waals surface area contributed by atoms with Gasteiger partial charge in [-0.25, -0.2) is 9.18 Å². The number of rotatable bonds is 5. The second-order valence-electron chi connectivity index (χ2n) is 5.94. The molecule has 1 aliphatic heterocycles. The van der Waals surface area contributed by atoms with Crippen LogP contribution in [0.5, 0.6) is 11.5 Å². The molecule has 2 N–H and O–H groups in total. The van der Waals surface area contributed by atoms with Crippen molar-refractivity contribution in [3.63, 3.8) is 0 Å². The van der Waals surface area contributed by atoms with E-state index in [1.54, 1.807) is 24.3 Å². The van der Waals surface area contributed by atoms with E-state index in [4.69, 9.17) is 9.47 Å². The zero-order valence-electron chi connectivity index (χ0n) is 14.1. The van der Waals surface area contributed by atoms with Crippen molar-refractivity contribution in [3.05, 3.63) is 53.8 Å². The van der Waals surface area contributed by atoms with E-state index in [-0.39, 0.29) is 24.7 Å². The summed E-state index contributed by atoms with van der Waals surface area (Å²) in [6, 6.07) is 11.1. The van der Waals surface area contributed by atoms with E-state index >= 15 is 0 Å². The molecule has 6 nitrogen and oxygen atoms in total. The van der Waals surface area contributed by atoms with Gasteiger partial charge in [0.2, 0.25) is 6.79 Å². The maximum absolute atomic E-state index is 13.4. The number of amides is 2. The molecule has 0 bridgehead atoms. The van der Waals surface area contributed by atoms with Gasteiger partial charge in [-0.05, 0) is 43.9 Å². The summed E-state index contributed by atoms with van der Waals surface area (Å²) in [5, 5.41) is 5.56. The van der Waals surface area contributed by atoms with Crippen LogP contribution in [0.15, 0.2) is 42.5 Å². The van der Waals surface area contributed by atoms with Crippen molar-refractivity contribution in [1.82, 2.24) is 10.2 Å². The van der Waals surface area contributed by atoms with E-state index in [2.05, 4.69) is 10.6 Å². The molecule has 0 saturated heterocycles. The number of urea groups is 1. The van der Waals surface area contributed by atoms with Crippen molar-refractivity contribution in [2.75, 3.05) is 32.7 Å². The predicted molar refractivity (Wildman–Crippen MR) is 92.4 cm³/mol. The van der Waals surface area contributed by atoms with Crippen LogP contribution in [-0.4, -0.2) is 38.4 Å². The largest absolute Gasteiger partial charge is 0.454 e. The normalized spacial score (nSPS) is 13.6. The van der Waals surface area contributed by atoms with Crippen LogP contribution in [0.1, 0.15) is 11.6 Å². The van der Waals surface area contributed by atoms with Crippen molar-refractivity contribution in [2.24, 2.45) is 0 Å². The number of hydrogen-bond donors (Lipinski definition) is 2. The molecule has 1 atom stereocenters. The smallest absolute Gasteiger partial charge is 0.319 e. The van der Waals surface area contributed by atoms with Gasteiger partial charge in [-0.15, -0.1) is 0 Å². The van der Waals surface area contributed by atoms with Crippen molar-refractivity contribution < 1.29 is 18.7 Å². The molecular weight excluding hydrogens is 325 g/mol. The summed E-state index contributed by atoms with van der Waals surface area (Å²) in [7, 11) is 3.76. The lowest BCUT2D eigenvalue weighted by atomic mass is 10.1. The Balaban J connectivity index is 1.60. The van der Waals surface area contributed by atoms with Crippen molar-refractivity contribution >= 4 is 11.7 Å². The number of anilines is 1. The molecule has 0 fully saturated rings. The SMILES string of the molecule is CN(C)C(CNC(=O)Nc1ccc2c(c1)OCO2)c1cccc(F)c1. The Morgan fingerprint density at radius 1 is 1.20 bits per heavy atom. The third-order valence-corrected chi connectivity index (χ3v) is 3.94. The summed E-state index contributed by atoms with van der Waals surface area (Å²) in [5.41, 5.74) is 1.40. The van der Waals surface area contributed by atoms with E-state index in [1.807, 2.05) is 25.1 Å². The molecular formula is C18H20FN3O3. The molecule has 25 heavy (non-hydrogen) atoms. The minimum atomic E-state index is -0.345. The quantitative estimate of drug-likeness (QED) is 0.875. The Kier molecular flexibility index (Phi) is 5.04. The number of carbonyl (C=O) groups excluding carboxylic acids is 1. The third kappa shape index (κ3) is 4.19. The average molecular weight is 345 g/mol. The lowest BCUT2D eigenvalue weighted by Gasteiger charge is -2.25. The molecule has 0 spiro atoms. The van der Waals surface area contributed by atoms with Crippen LogP contribution < -0.4 is 20.1 Å². The lowest BCUT2D eigenvalue weighted by Crippen LogP contribution is -2.36. The lowest BCUT2D eigenvalue weighted by molar-refractivity contribution is 0.174. The fourth-order valence-electron chi connectivity index (χ4n) is 2.65. The highest BCUT2D eigenvalue weighted by atomic mass is 19.1. The molecule has 0 saturated carbocycles.